The van der Waals surface area contributed by atoms with Crippen LogP contribution in [-0.4, -0.2) is 35.9 Å². The van der Waals surface area contributed by atoms with Gasteiger partial charge >= 0.3 is 5.97 Å². The summed E-state index contributed by atoms with van der Waals surface area (Å²) in [6.45, 7) is 0.405. The molecule has 25 heavy (non-hydrogen) atoms. The highest BCUT2D eigenvalue weighted by atomic mass is 32.2. The molecule has 3 aromatic rings. The molecule has 7 nitrogen and oxygen atoms in total. The van der Waals surface area contributed by atoms with Crippen LogP contribution < -0.4 is 5.32 Å². The molecule has 0 saturated heterocycles. The summed E-state index contributed by atoms with van der Waals surface area (Å²) in [6, 6.07) is 11.9. The van der Waals surface area contributed by atoms with Gasteiger partial charge in [-0.2, -0.15) is 5.10 Å². The molecule has 3 N–H and O–H groups in total. The number of carbonyl (C=O) groups is 1. The van der Waals surface area contributed by atoms with Gasteiger partial charge in [-0.15, -0.1) is 0 Å². The van der Waals surface area contributed by atoms with E-state index in [1.165, 1.54) is 12.3 Å². The first-order valence-corrected chi connectivity index (χ1v) is 9.59. The molecule has 3 rings (SSSR count). The minimum Gasteiger partial charge on any atom is -0.478 e. The molecule has 0 fully saturated rings. The molecule has 130 valence electrons. The van der Waals surface area contributed by atoms with E-state index in [0.717, 1.165) is 16.8 Å². The van der Waals surface area contributed by atoms with Gasteiger partial charge in [0.2, 0.25) is 0 Å². The van der Waals surface area contributed by atoms with Gasteiger partial charge in [0.15, 0.2) is 9.84 Å². The summed E-state index contributed by atoms with van der Waals surface area (Å²) in [6.07, 6.45) is 1.20. The number of nitrogens with zero attached hydrogens (tertiary/aromatic N) is 1. The van der Waals surface area contributed by atoms with Crippen LogP contribution in [0, 0.1) is 0 Å². The molecule has 0 bridgehead atoms. The van der Waals surface area contributed by atoms with Crippen LogP contribution in [-0.2, 0) is 22.1 Å². The highest BCUT2D eigenvalue weighted by Crippen LogP contribution is 2.20. The van der Waals surface area contributed by atoms with Gasteiger partial charge in [0, 0.05) is 17.3 Å². The second kappa shape index (κ2) is 6.56. The van der Waals surface area contributed by atoms with Crippen LogP contribution in [0.3, 0.4) is 0 Å². The molecule has 0 aliphatic carbocycles. The van der Waals surface area contributed by atoms with Crippen molar-refractivity contribution < 1.29 is 18.3 Å². The minimum atomic E-state index is -3.09. The Bertz CT molecular complexity index is 1040. The van der Waals surface area contributed by atoms with Crippen molar-refractivity contribution in [3.05, 3.63) is 59.3 Å². The van der Waals surface area contributed by atoms with Crippen molar-refractivity contribution in [2.45, 2.75) is 12.3 Å². The molecule has 0 unspecified atom stereocenters. The first-order valence-electron chi connectivity index (χ1n) is 7.53. The molecule has 0 amide bonds. The lowest BCUT2D eigenvalue weighted by molar-refractivity contribution is 0.0697. The second-order valence-corrected chi connectivity index (χ2v) is 8.00. The predicted octanol–water partition coefficient (Wildman–Crippen LogP) is 2.42. The SMILES string of the molecule is CS(=O)(=O)Cc1cccc(NCc2[nH]nc3ccc(C(=O)O)cc23)c1. The van der Waals surface area contributed by atoms with Crippen molar-refractivity contribution in [3.63, 3.8) is 0 Å². The molecular formula is C17H17N3O4S. The van der Waals surface area contributed by atoms with E-state index in [0.29, 0.717) is 17.6 Å². The Morgan fingerprint density at radius 2 is 2.04 bits per heavy atom. The third-order valence-electron chi connectivity index (χ3n) is 3.71. The number of carboxylic acids is 1. The highest BCUT2D eigenvalue weighted by molar-refractivity contribution is 7.89. The zero-order valence-corrected chi connectivity index (χ0v) is 14.3. The van der Waals surface area contributed by atoms with Crippen LogP contribution >= 0.6 is 0 Å². The first-order chi connectivity index (χ1) is 11.8. The van der Waals surface area contributed by atoms with Gasteiger partial charge in [-0.1, -0.05) is 12.1 Å². The van der Waals surface area contributed by atoms with Crippen LogP contribution in [0.15, 0.2) is 42.5 Å². The molecule has 0 saturated carbocycles. The van der Waals surface area contributed by atoms with Crippen LogP contribution in [0.1, 0.15) is 21.6 Å². The van der Waals surface area contributed by atoms with Gasteiger partial charge in [0.25, 0.3) is 0 Å². The van der Waals surface area contributed by atoms with E-state index < -0.39 is 15.8 Å². The average Bonchev–Trinajstić information content (AvgIpc) is 2.94. The largest absolute Gasteiger partial charge is 0.478 e. The maximum absolute atomic E-state index is 11.4. The van der Waals surface area contributed by atoms with Gasteiger partial charge in [-0.25, -0.2) is 13.2 Å². The Labute approximate surface area is 144 Å². The number of anilines is 1. The maximum Gasteiger partial charge on any atom is 0.335 e. The third kappa shape index (κ3) is 4.16. The monoisotopic (exact) mass is 359 g/mol. The summed E-state index contributed by atoms with van der Waals surface area (Å²) in [4.78, 5) is 11.1. The van der Waals surface area contributed by atoms with E-state index in [1.807, 2.05) is 6.07 Å². The van der Waals surface area contributed by atoms with E-state index in [4.69, 9.17) is 5.11 Å². The number of rotatable bonds is 6. The van der Waals surface area contributed by atoms with Crippen molar-refractivity contribution in [1.29, 1.82) is 0 Å². The third-order valence-corrected chi connectivity index (χ3v) is 4.56. The Hall–Kier alpha value is -2.87. The van der Waals surface area contributed by atoms with E-state index in [1.54, 1.807) is 30.3 Å². The first kappa shape index (κ1) is 17.0. The molecule has 1 heterocycles. The van der Waals surface area contributed by atoms with Gasteiger partial charge in [-0.3, -0.25) is 5.10 Å². The number of aromatic nitrogens is 2. The lowest BCUT2D eigenvalue weighted by atomic mass is 10.1. The number of benzene rings is 2. The zero-order chi connectivity index (χ0) is 18.0. The number of aromatic amines is 1. The molecule has 0 atom stereocenters. The average molecular weight is 359 g/mol. The number of sulfone groups is 1. The molecule has 1 aromatic heterocycles. The second-order valence-electron chi connectivity index (χ2n) is 5.86. The number of hydrogen-bond acceptors (Lipinski definition) is 5. The molecule has 0 aliphatic heterocycles. The summed E-state index contributed by atoms with van der Waals surface area (Å²) < 4.78 is 22.8. The zero-order valence-electron chi connectivity index (χ0n) is 13.5. The normalized spacial score (nSPS) is 11.6. The van der Waals surface area contributed by atoms with Crippen molar-refractivity contribution in [2.75, 3.05) is 11.6 Å². The number of H-pyrrole nitrogens is 1. The fourth-order valence-corrected chi connectivity index (χ4v) is 3.38. The number of hydrogen-bond donors (Lipinski definition) is 3. The molecule has 0 radical (unpaired) electrons. The van der Waals surface area contributed by atoms with Crippen molar-refractivity contribution in [1.82, 2.24) is 10.2 Å². The summed E-state index contributed by atoms with van der Waals surface area (Å²) >= 11 is 0. The Morgan fingerprint density at radius 1 is 1.24 bits per heavy atom. The standard InChI is InChI=1S/C17H17N3O4S/c1-25(23,24)10-11-3-2-4-13(7-11)18-9-16-14-8-12(17(21)22)5-6-15(14)19-20-16/h2-8,18H,9-10H2,1H3,(H,19,20)(H,21,22). The molecule has 2 aromatic carbocycles. The lowest BCUT2D eigenvalue weighted by Crippen LogP contribution is -2.03. The van der Waals surface area contributed by atoms with Crippen molar-refractivity contribution in [2.24, 2.45) is 0 Å². The molecule has 0 spiro atoms. The predicted molar refractivity (Wildman–Crippen MR) is 95.4 cm³/mol. The van der Waals surface area contributed by atoms with E-state index in [2.05, 4.69) is 15.5 Å². The summed E-state index contributed by atoms with van der Waals surface area (Å²) in [5.41, 5.74) is 3.12. The topological polar surface area (TPSA) is 112 Å². The fraction of sp³-hybridized carbons (Fsp3) is 0.176. The smallest absolute Gasteiger partial charge is 0.335 e. The number of aromatic carboxylic acids is 1. The molecule has 8 heteroatoms. The van der Waals surface area contributed by atoms with Crippen LogP contribution in [0.2, 0.25) is 0 Å². The number of nitrogens with one attached hydrogen (secondary N) is 2. The van der Waals surface area contributed by atoms with Crippen LogP contribution in [0.5, 0.6) is 0 Å². The van der Waals surface area contributed by atoms with Gasteiger partial charge < -0.3 is 10.4 Å². The van der Waals surface area contributed by atoms with E-state index in [9.17, 15) is 13.2 Å². The van der Waals surface area contributed by atoms with Gasteiger partial charge in [-0.05, 0) is 35.9 Å². The quantitative estimate of drug-likeness (QED) is 0.623. The van der Waals surface area contributed by atoms with Crippen molar-refractivity contribution >= 4 is 32.4 Å². The Morgan fingerprint density at radius 3 is 2.76 bits per heavy atom. The Kier molecular flexibility index (Phi) is 4.45. The van der Waals surface area contributed by atoms with E-state index >= 15 is 0 Å². The maximum atomic E-state index is 11.4. The molecule has 0 aliphatic rings. The Balaban J connectivity index is 1.80. The van der Waals surface area contributed by atoms with Crippen LogP contribution in [0.25, 0.3) is 10.9 Å². The van der Waals surface area contributed by atoms with Crippen LogP contribution in [0.4, 0.5) is 5.69 Å². The highest BCUT2D eigenvalue weighted by Gasteiger charge is 2.10. The fourth-order valence-electron chi connectivity index (χ4n) is 2.60. The van der Waals surface area contributed by atoms with Gasteiger partial charge in [0.1, 0.15) is 0 Å². The van der Waals surface area contributed by atoms with Gasteiger partial charge in [0.05, 0.1) is 29.1 Å². The minimum absolute atomic E-state index is 0.0164. The number of fused-ring (bicyclic) bond motifs is 1. The molecular weight excluding hydrogens is 342 g/mol. The summed E-state index contributed by atoms with van der Waals surface area (Å²) in [7, 11) is -3.09. The van der Waals surface area contributed by atoms with E-state index in [-0.39, 0.29) is 11.3 Å². The summed E-state index contributed by atoms with van der Waals surface area (Å²) in [5, 5.41) is 20.1. The summed E-state index contributed by atoms with van der Waals surface area (Å²) in [5.74, 6) is -1.01. The number of carboxylic acid groups (broad SMARTS) is 1. The van der Waals surface area contributed by atoms with Crippen molar-refractivity contribution in [3.8, 4) is 0 Å². The lowest BCUT2D eigenvalue weighted by Gasteiger charge is -2.07.